The molecule has 1 heterocycles. The fraction of sp³-hybridized carbons (Fsp3) is 0.690. The van der Waals surface area contributed by atoms with E-state index in [1.165, 1.54) is 213 Å². The quantitative estimate of drug-likeness (QED) is 0.0282. The van der Waals surface area contributed by atoms with Gasteiger partial charge in [0.1, 0.15) is 5.57 Å². The third-order valence-electron chi connectivity index (χ3n) is 12.2. The molecule has 346 valence electrons. The molecule has 0 bridgehead atoms. The predicted molar refractivity (Wildman–Crippen MR) is 268 cm³/mol. The first-order chi connectivity index (χ1) is 30.1. The number of hydrogen-bond donors (Lipinski definition) is 0. The minimum absolute atomic E-state index is 0.801. The van der Waals surface area contributed by atoms with Crippen LogP contribution in [0, 0.1) is 11.8 Å². The van der Waals surface area contributed by atoms with Crippen molar-refractivity contribution in [2.45, 2.75) is 257 Å². The molecule has 0 radical (unpaired) electrons. The van der Waals surface area contributed by atoms with E-state index in [9.17, 15) is 5.53 Å². The number of hydrogen-bond acceptors (Lipinski definition) is 0. The Balaban J connectivity index is 0.000000724. The Morgan fingerprint density at radius 2 is 0.902 bits per heavy atom. The molecule has 3 rings (SSSR count). The van der Waals surface area contributed by atoms with Crippen molar-refractivity contribution in [1.82, 2.24) is 0 Å². The van der Waals surface area contributed by atoms with Crippen molar-refractivity contribution in [2.75, 3.05) is 0 Å². The van der Waals surface area contributed by atoms with E-state index >= 15 is 0 Å². The van der Waals surface area contributed by atoms with E-state index in [1.807, 2.05) is 14.4 Å². The van der Waals surface area contributed by atoms with Crippen LogP contribution < -0.4 is 0 Å². The van der Waals surface area contributed by atoms with Crippen molar-refractivity contribution < 1.29 is 19.1 Å². The number of aryl methyl sites for hydroxylation is 2. The molecule has 2 aromatic rings. The Kier molecular flexibility index (Phi) is 35.1. The van der Waals surface area contributed by atoms with Crippen molar-refractivity contribution in [3.8, 4) is 11.8 Å². The molecule has 61 heavy (non-hydrogen) atoms. The van der Waals surface area contributed by atoms with Gasteiger partial charge in [0.15, 0.2) is 0 Å². The summed E-state index contributed by atoms with van der Waals surface area (Å²) in [5.41, 5.74) is 18.6. The van der Waals surface area contributed by atoms with E-state index < -0.39 is 0 Å². The van der Waals surface area contributed by atoms with Gasteiger partial charge in [0, 0.05) is 23.6 Å². The Bertz CT molecular complexity index is 1490. The molecule has 2 nitrogen and oxygen atoms in total. The fourth-order valence-electron chi connectivity index (χ4n) is 8.16. The molecule has 0 N–H and O–H groups in total. The van der Waals surface area contributed by atoms with Crippen LogP contribution >= 0.6 is 0 Å². The van der Waals surface area contributed by atoms with Gasteiger partial charge in [-0.1, -0.05) is 172 Å². The van der Waals surface area contributed by atoms with Crippen LogP contribution in [0.15, 0.2) is 60.2 Å². The van der Waals surface area contributed by atoms with E-state index in [4.69, 9.17) is 0 Å². The molecule has 0 unspecified atom stereocenters. The molecule has 2 aromatic carbocycles. The summed E-state index contributed by atoms with van der Waals surface area (Å²) in [7, 11) is 0. The summed E-state index contributed by atoms with van der Waals surface area (Å²) >= 11 is 2.00. The van der Waals surface area contributed by atoms with Crippen molar-refractivity contribution in [2.24, 2.45) is 0 Å². The molecule has 3 heteroatoms. The van der Waals surface area contributed by atoms with Crippen LogP contribution in [0.25, 0.3) is 16.9 Å². The van der Waals surface area contributed by atoms with Crippen molar-refractivity contribution >= 4 is 11.4 Å². The van der Waals surface area contributed by atoms with Gasteiger partial charge >= 0.3 is 103 Å². The van der Waals surface area contributed by atoms with Crippen molar-refractivity contribution in [1.29, 1.82) is 0 Å². The Hall–Kier alpha value is -2.43. The van der Waals surface area contributed by atoms with Crippen LogP contribution in [0.1, 0.15) is 256 Å². The first-order valence-electron chi connectivity index (χ1n) is 26.2. The molecule has 0 saturated heterocycles. The summed E-state index contributed by atoms with van der Waals surface area (Å²) in [6.45, 7) is 11.3. The van der Waals surface area contributed by atoms with Crippen molar-refractivity contribution in [3.63, 3.8) is 0 Å². The van der Waals surface area contributed by atoms with E-state index in [2.05, 4.69) is 101 Å². The molecule has 0 saturated carbocycles. The number of rotatable bonds is 36. The van der Waals surface area contributed by atoms with E-state index in [-0.39, 0.29) is 0 Å². The van der Waals surface area contributed by atoms with Crippen molar-refractivity contribution in [3.05, 3.63) is 88.0 Å². The van der Waals surface area contributed by atoms with Gasteiger partial charge in [0.05, 0.1) is 0 Å². The van der Waals surface area contributed by atoms with Crippen LogP contribution in [-0.2, 0) is 27.3 Å². The number of unbranched alkanes of at least 4 members (excludes halogenated alkanes) is 27. The fourth-order valence-corrected chi connectivity index (χ4v) is 9.39. The molecular formula is C58H94N2Ni. The minimum atomic E-state index is 0.801. The zero-order valence-electron chi connectivity index (χ0n) is 40.7. The van der Waals surface area contributed by atoms with Gasteiger partial charge in [-0.05, 0) is 61.1 Å². The van der Waals surface area contributed by atoms with Gasteiger partial charge < -0.3 is 5.53 Å². The van der Waals surface area contributed by atoms with Gasteiger partial charge in [0.25, 0.3) is 0 Å². The monoisotopic (exact) mass is 877 g/mol. The first-order valence-corrected chi connectivity index (χ1v) is 27.6. The Labute approximate surface area is 385 Å². The summed E-state index contributed by atoms with van der Waals surface area (Å²) in [5, 5.41) is 2.84. The number of benzene rings is 2. The second-order valence-corrected chi connectivity index (χ2v) is 19.3. The Morgan fingerprint density at radius 3 is 1.39 bits per heavy atom. The maximum absolute atomic E-state index is 11.5. The average Bonchev–Trinajstić information content (AvgIpc) is 3.62. The third-order valence-corrected chi connectivity index (χ3v) is 13.6. The molecular weight excluding hydrogens is 783 g/mol. The van der Waals surface area contributed by atoms with Crippen LogP contribution in [0.4, 0.5) is 0 Å². The molecule has 0 fully saturated rings. The van der Waals surface area contributed by atoms with E-state index in [0.29, 0.717) is 0 Å². The topological polar surface area (TPSA) is 25.3 Å². The molecule has 1 aliphatic heterocycles. The molecule has 0 spiro atoms. The second kappa shape index (κ2) is 39.2. The summed E-state index contributed by atoms with van der Waals surface area (Å²) in [6.07, 6.45) is 46.8. The van der Waals surface area contributed by atoms with Crippen LogP contribution in [0.3, 0.4) is 0 Å². The Morgan fingerprint density at radius 1 is 0.475 bits per heavy atom. The maximum atomic E-state index is 11.5. The summed E-state index contributed by atoms with van der Waals surface area (Å²) in [5.74, 6) is 6.91. The van der Waals surface area contributed by atoms with Gasteiger partial charge in [-0.15, -0.1) is 0 Å². The third kappa shape index (κ3) is 26.7. The summed E-state index contributed by atoms with van der Waals surface area (Å²) in [6, 6.07) is 17.1. The van der Waals surface area contributed by atoms with Gasteiger partial charge in [-0.2, -0.15) is 0 Å². The first kappa shape index (κ1) is 54.7. The van der Waals surface area contributed by atoms with Crippen LogP contribution in [-0.4, -0.2) is 4.70 Å². The van der Waals surface area contributed by atoms with Crippen LogP contribution in [0.2, 0.25) is 10.8 Å². The predicted octanol–water partition coefficient (Wildman–Crippen LogP) is 19.7. The molecule has 0 aromatic heterocycles. The normalized spacial score (nSPS) is 12.4. The van der Waals surface area contributed by atoms with Crippen LogP contribution in [0.5, 0.6) is 0 Å². The number of nitrogens with zero attached hydrogens (tertiary/aromatic N) is 2. The zero-order chi connectivity index (χ0) is 43.9. The summed E-state index contributed by atoms with van der Waals surface area (Å²) < 4.78 is 1.37. The average molecular weight is 878 g/mol. The van der Waals surface area contributed by atoms with E-state index in [0.717, 1.165) is 53.8 Å². The molecule has 0 aliphatic carbocycles. The van der Waals surface area contributed by atoms with E-state index in [1.54, 1.807) is 0 Å². The second-order valence-electron chi connectivity index (χ2n) is 17.8. The molecule has 0 atom stereocenters. The molecule has 0 amide bonds. The zero-order valence-corrected chi connectivity index (χ0v) is 41.6. The SMILES string of the molecule is CCCCCCCCCCCCCCCCCCCCC#CC1=C(c2cccc(CC)c2)[N+](=[N-])C(c2cccc(CCCC)c2)=C1.CCCCCC[CH2][Ni][CH2]CCCCCC. The standard InChI is InChI=1S/C44H64N2.2C7H15.Ni/c1-4-7-9-10-11-12-13-14-15-16-17-18-19-20-21-22-23-24-25-26-32-42-37-43(40-33-28-31-39(36-40)29-8-5-2)46(45)44(42)41-34-27-30-38(6-3)35-41;2*1-3-5-7-6-4-2;/h27-28,30-31,33-37H,4-25,29H2,1-3H3;2*1,3-7H2,2H3;. The summed E-state index contributed by atoms with van der Waals surface area (Å²) in [4.78, 5) is 0. The van der Waals surface area contributed by atoms with Gasteiger partial charge in [-0.3, -0.25) is 0 Å². The molecule has 1 aliphatic rings. The van der Waals surface area contributed by atoms with Gasteiger partial charge in [-0.25, -0.2) is 4.70 Å². The number of allylic oxidation sites excluding steroid dienone is 2. The van der Waals surface area contributed by atoms with Gasteiger partial charge in [0.2, 0.25) is 11.4 Å².